The van der Waals surface area contributed by atoms with Crippen molar-refractivity contribution in [1.82, 2.24) is 5.32 Å². The van der Waals surface area contributed by atoms with Crippen LogP contribution in [-0.4, -0.2) is 13.1 Å². The molecule has 0 spiro atoms. The normalized spacial score (nSPS) is 11.6. The largest absolute Gasteiger partial charge is 0.463 e. The van der Waals surface area contributed by atoms with Gasteiger partial charge in [-0.25, -0.2) is 0 Å². The number of nitrogens with one attached hydrogen (secondary N) is 1. The third-order valence-electron chi connectivity index (χ3n) is 2.98. The maximum absolute atomic E-state index is 5.64. The molecule has 98 valence electrons. The lowest BCUT2D eigenvalue weighted by atomic mass is 10.1. The number of fused-ring (bicyclic) bond motifs is 1. The van der Waals surface area contributed by atoms with E-state index in [2.05, 4.69) is 54.2 Å². The zero-order valence-corrected chi connectivity index (χ0v) is 12.8. The highest BCUT2D eigenvalue weighted by atomic mass is 79.9. The summed E-state index contributed by atoms with van der Waals surface area (Å²) in [6.45, 7) is 8.62. The van der Waals surface area contributed by atoms with E-state index in [0.717, 1.165) is 29.6 Å². The van der Waals surface area contributed by atoms with E-state index in [-0.39, 0.29) is 0 Å². The first kappa shape index (κ1) is 13.6. The number of aryl methyl sites for hydroxylation is 1. The minimum absolute atomic E-state index is 0.697. The summed E-state index contributed by atoms with van der Waals surface area (Å²) in [7, 11) is 0. The van der Waals surface area contributed by atoms with Gasteiger partial charge in [0.2, 0.25) is 0 Å². The van der Waals surface area contributed by atoms with Gasteiger partial charge >= 0.3 is 0 Å². The van der Waals surface area contributed by atoms with Crippen molar-refractivity contribution in [1.29, 1.82) is 0 Å². The molecule has 1 heterocycles. The standard InChI is InChI=1S/C15H20BrNO/c1-10(2)8-17-5-4-12-9-18-15-13(12)6-11(3)7-14(15)16/h6-7,9-10,17H,4-5,8H2,1-3H3. The average Bonchev–Trinajstić information content (AvgIpc) is 2.67. The summed E-state index contributed by atoms with van der Waals surface area (Å²) < 4.78 is 6.68. The molecule has 2 aromatic rings. The molecule has 0 saturated carbocycles. The van der Waals surface area contributed by atoms with Crippen LogP contribution in [0.25, 0.3) is 11.0 Å². The van der Waals surface area contributed by atoms with E-state index < -0.39 is 0 Å². The van der Waals surface area contributed by atoms with Crippen LogP contribution in [0.4, 0.5) is 0 Å². The van der Waals surface area contributed by atoms with E-state index >= 15 is 0 Å². The van der Waals surface area contributed by atoms with Crippen molar-refractivity contribution in [3.8, 4) is 0 Å². The fraction of sp³-hybridized carbons (Fsp3) is 0.467. The van der Waals surface area contributed by atoms with Gasteiger partial charge in [-0.05, 0) is 71.5 Å². The molecule has 18 heavy (non-hydrogen) atoms. The van der Waals surface area contributed by atoms with Gasteiger partial charge in [-0.2, -0.15) is 0 Å². The molecule has 1 aromatic heterocycles. The minimum Gasteiger partial charge on any atom is -0.463 e. The summed E-state index contributed by atoms with van der Waals surface area (Å²) >= 11 is 3.55. The highest BCUT2D eigenvalue weighted by Gasteiger charge is 2.09. The molecule has 0 unspecified atom stereocenters. The predicted octanol–water partition coefficient (Wildman–Crippen LogP) is 4.29. The fourth-order valence-corrected chi connectivity index (χ4v) is 2.76. The van der Waals surface area contributed by atoms with Crippen molar-refractivity contribution >= 4 is 26.9 Å². The molecule has 0 atom stereocenters. The van der Waals surface area contributed by atoms with E-state index in [1.54, 1.807) is 0 Å². The number of halogens is 1. The second-order valence-corrected chi connectivity index (χ2v) is 6.09. The van der Waals surface area contributed by atoms with Crippen LogP contribution in [0.2, 0.25) is 0 Å². The number of rotatable bonds is 5. The fourth-order valence-electron chi connectivity index (χ4n) is 2.09. The van der Waals surface area contributed by atoms with E-state index in [1.807, 2.05) is 6.26 Å². The van der Waals surface area contributed by atoms with Crippen molar-refractivity contribution in [2.24, 2.45) is 5.92 Å². The van der Waals surface area contributed by atoms with Crippen LogP contribution < -0.4 is 5.32 Å². The summed E-state index contributed by atoms with van der Waals surface area (Å²) in [6.07, 6.45) is 2.89. The Kier molecular flexibility index (Phi) is 4.46. The van der Waals surface area contributed by atoms with Crippen molar-refractivity contribution in [2.45, 2.75) is 27.2 Å². The van der Waals surface area contributed by atoms with Gasteiger partial charge < -0.3 is 9.73 Å². The third kappa shape index (κ3) is 3.15. The Morgan fingerprint density at radius 3 is 2.83 bits per heavy atom. The second-order valence-electron chi connectivity index (χ2n) is 5.23. The Morgan fingerprint density at radius 2 is 2.11 bits per heavy atom. The molecule has 1 N–H and O–H groups in total. The number of furan rings is 1. The molecule has 0 bridgehead atoms. The molecule has 1 aromatic carbocycles. The lowest BCUT2D eigenvalue weighted by molar-refractivity contribution is 0.552. The topological polar surface area (TPSA) is 25.2 Å². The predicted molar refractivity (Wildman–Crippen MR) is 80.1 cm³/mol. The second kappa shape index (κ2) is 5.89. The van der Waals surface area contributed by atoms with E-state index in [9.17, 15) is 0 Å². The summed E-state index contributed by atoms with van der Waals surface area (Å²) in [6, 6.07) is 4.29. The molecular weight excluding hydrogens is 290 g/mol. The van der Waals surface area contributed by atoms with Gasteiger partial charge in [-0.1, -0.05) is 13.8 Å². The molecular formula is C15H20BrNO. The molecule has 0 fully saturated rings. The zero-order chi connectivity index (χ0) is 13.1. The molecule has 0 aliphatic rings. The van der Waals surface area contributed by atoms with Crippen LogP contribution in [0.15, 0.2) is 27.3 Å². The summed E-state index contributed by atoms with van der Waals surface area (Å²) in [4.78, 5) is 0. The summed E-state index contributed by atoms with van der Waals surface area (Å²) in [5.74, 6) is 0.697. The molecule has 0 aliphatic heterocycles. The third-order valence-corrected chi connectivity index (χ3v) is 3.57. The number of hydrogen-bond donors (Lipinski definition) is 1. The SMILES string of the molecule is Cc1cc(Br)c2occ(CCNCC(C)C)c2c1. The first-order chi connectivity index (χ1) is 8.58. The van der Waals surface area contributed by atoms with Crippen LogP contribution in [0.3, 0.4) is 0 Å². The van der Waals surface area contributed by atoms with Gasteiger partial charge in [0.15, 0.2) is 0 Å². The van der Waals surface area contributed by atoms with Gasteiger partial charge in [0.25, 0.3) is 0 Å². The Balaban J connectivity index is 2.09. The summed E-state index contributed by atoms with van der Waals surface area (Å²) in [5, 5.41) is 4.69. The molecule has 2 rings (SSSR count). The molecule has 3 heteroatoms. The Bertz CT molecular complexity index is 531. The summed E-state index contributed by atoms with van der Waals surface area (Å²) in [5.41, 5.74) is 3.50. The molecule has 0 aliphatic carbocycles. The maximum atomic E-state index is 5.64. The highest BCUT2D eigenvalue weighted by molar-refractivity contribution is 9.10. The van der Waals surface area contributed by atoms with E-state index in [0.29, 0.717) is 5.92 Å². The lowest BCUT2D eigenvalue weighted by Gasteiger charge is -2.06. The van der Waals surface area contributed by atoms with Crippen LogP contribution in [0.1, 0.15) is 25.0 Å². The van der Waals surface area contributed by atoms with Crippen LogP contribution in [-0.2, 0) is 6.42 Å². The quantitative estimate of drug-likeness (QED) is 0.833. The van der Waals surface area contributed by atoms with E-state index in [4.69, 9.17) is 4.42 Å². The van der Waals surface area contributed by atoms with Crippen molar-refractivity contribution in [2.75, 3.05) is 13.1 Å². The Hall–Kier alpha value is -0.800. The van der Waals surface area contributed by atoms with Crippen LogP contribution in [0.5, 0.6) is 0 Å². The molecule has 0 amide bonds. The highest BCUT2D eigenvalue weighted by Crippen LogP contribution is 2.29. The smallest absolute Gasteiger partial charge is 0.148 e. The molecule has 0 radical (unpaired) electrons. The maximum Gasteiger partial charge on any atom is 0.148 e. The average molecular weight is 310 g/mol. The van der Waals surface area contributed by atoms with Crippen molar-refractivity contribution in [3.63, 3.8) is 0 Å². The van der Waals surface area contributed by atoms with Crippen molar-refractivity contribution < 1.29 is 4.42 Å². The molecule has 2 nitrogen and oxygen atoms in total. The van der Waals surface area contributed by atoms with Crippen molar-refractivity contribution in [3.05, 3.63) is 34.0 Å². The van der Waals surface area contributed by atoms with Crippen LogP contribution >= 0.6 is 15.9 Å². The van der Waals surface area contributed by atoms with Gasteiger partial charge in [-0.15, -0.1) is 0 Å². The lowest BCUT2D eigenvalue weighted by Crippen LogP contribution is -2.21. The molecule has 0 saturated heterocycles. The number of benzene rings is 1. The minimum atomic E-state index is 0.697. The Labute approximate surface area is 117 Å². The van der Waals surface area contributed by atoms with Gasteiger partial charge in [0, 0.05) is 5.39 Å². The first-order valence-corrected chi connectivity index (χ1v) is 7.24. The monoisotopic (exact) mass is 309 g/mol. The van der Waals surface area contributed by atoms with Gasteiger partial charge in [-0.3, -0.25) is 0 Å². The van der Waals surface area contributed by atoms with E-state index in [1.165, 1.54) is 16.5 Å². The van der Waals surface area contributed by atoms with Crippen LogP contribution in [0, 0.1) is 12.8 Å². The first-order valence-electron chi connectivity index (χ1n) is 6.45. The van der Waals surface area contributed by atoms with Gasteiger partial charge in [0.05, 0.1) is 10.7 Å². The van der Waals surface area contributed by atoms with Gasteiger partial charge in [0.1, 0.15) is 5.58 Å². The Morgan fingerprint density at radius 1 is 1.33 bits per heavy atom. The zero-order valence-electron chi connectivity index (χ0n) is 11.2. The number of hydrogen-bond acceptors (Lipinski definition) is 2.